The van der Waals surface area contributed by atoms with Crippen molar-refractivity contribution >= 4 is 53.6 Å². The number of benzene rings is 2. The summed E-state index contributed by atoms with van der Waals surface area (Å²) in [6.07, 6.45) is -0.556. The minimum absolute atomic E-state index is 0.271. The smallest absolute Gasteiger partial charge is 0.411 e. The van der Waals surface area contributed by atoms with E-state index < -0.39 is 12.1 Å². The SMILES string of the molecule is CCOC(=O)Nc1ccc(N(S)C(=O)Nc2cc(Cl)c(OC)cc2OC)cc1. The van der Waals surface area contributed by atoms with Gasteiger partial charge in [-0.1, -0.05) is 24.4 Å². The summed E-state index contributed by atoms with van der Waals surface area (Å²) in [6, 6.07) is 9.02. The fraction of sp³-hybridized carbons (Fsp3) is 0.222. The second-order valence-corrected chi connectivity index (χ2v) is 6.13. The molecule has 0 aliphatic rings. The average Bonchev–Trinajstić information content (AvgIpc) is 2.68. The van der Waals surface area contributed by atoms with E-state index >= 15 is 0 Å². The number of nitrogens with zero attached hydrogens (tertiary/aromatic N) is 1. The molecule has 0 heterocycles. The van der Waals surface area contributed by atoms with Crippen molar-refractivity contribution in [2.75, 3.05) is 35.8 Å². The first-order valence-corrected chi connectivity index (χ1v) is 8.92. The standard InChI is InChI=1S/C18H20ClN3O5S/c1-4-27-18(24)20-11-5-7-12(8-6-11)22(28)17(23)21-14-9-13(19)15(25-2)10-16(14)26-3/h5-10,28H,4H2,1-3H3,(H,20,24)(H,21,23). The van der Waals surface area contributed by atoms with Crippen molar-refractivity contribution in [1.82, 2.24) is 0 Å². The number of amides is 3. The normalized spacial score (nSPS) is 10.0. The lowest BCUT2D eigenvalue weighted by molar-refractivity contribution is 0.168. The molecule has 0 aliphatic heterocycles. The average molecular weight is 426 g/mol. The lowest BCUT2D eigenvalue weighted by atomic mass is 10.2. The Morgan fingerprint density at radius 3 is 2.29 bits per heavy atom. The lowest BCUT2D eigenvalue weighted by Gasteiger charge is -2.19. The Kier molecular flexibility index (Phi) is 7.65. The number of rotatable bonds is 6. The molecule has 2 aromatic rings. The summed E-state index contributed by atoms with van der Waals surface area (Å²) >= 11 is 10.3. The van der Waals surface area contributed by atoms with Crippen LogP contribution in [0.15, 0.2) is 36.4 Å². The van der Waals surface area contributed by atoms with Crippen LogP contribution in [0, 0.1) is 0 Å². The first kappa shape index (κ1) is 21.5. The molecule has 10 heteroatoms. The van der Waals surface area contributed by atoms with Crippen LogP contribution in [0.1, 0.15) is 6.92 Å². The van der Waals surface area contributed by atoms with Crippen LogP contribution in [0.4, 0.5) is 26.7 Å². The molecule has 3 amide bonds. The van der Waals surface area contributed by atoms with Gasteiger partial charge in [-0.25, -0.2) is 13.9 Å². The Labute approximate surface area is 173 Å². The minimum atomic E-state index is -0.556. The Morgan fingerprint density at radius 2 is 1.71 bits per heavy atom. The minimum Gasteiger partial charge on any atom is -0.495 e. The predicted octanol–water partition coefficient (Wildman–Crippen LogP) is 4.81. The molecule has 0 unspecified atom stereocenters. The first-order chi connectivity index (χ1) is 13.4. The van der Waals surface area contributed by atoms with Crippen molar-refractivity contribution in [3.8, 4) is 11.5 Å². The third-order valence-electron chi connectivity index (χ3n) is 3.54. The maximum absolute atomic E-state index is 12.5. The fourth-order valence-electron chi connectivity index (χ4n) is 2.21. The number of methoxy groups -OCH3 is 2. The predicted molar refractivity (Wildman–Crippen MR) is 112 cm³/mol. The summed E-state index contributed by atoms with van der Waals surface area (Å²) in [6.45, 7) is 1.98. The van der Waals surface area contributed by atoms with Crippen molar-refractivity contribution in [2.24, 2.45) is 0 Å². The van der Waals surface area contributed by atoms with Crippen LogP contribution in [-0.4, -0.2) is 33.0 Å². The molecular weight excluding hydrogens is 406 g/mol. The summed E-state index contributed by atoms with van der Waals surface area (Å²) in [5.41, 5.74) is 1.36. The van der Waals surface area contributed by atoms with Crippen LogP contribution in [0.5, 0.6) is 11.5 Å². The third kappa shape index (κ3) is 5.37. The molecule has 2 N–H and O–H groups in total. The highest BCUT2D eigenvalue weighted by Crippen LogP contribution is 2.36. The number of ether oxygens (including phenoxy) is 3. The molecule has 0 aromatic heterocycles. The van der Waals surface area contributed by atoms with Crippen LogP contribution >= 0.6 is 24.4 Å². The van der Waals surface area contributed by atoms with Gasteiger partial charge in [-0.3, -0.25) is 5.32 Å². The largest absolute Gasteiger partial charge is 0.495 e. The van der Waals surface area contributed by atoms with E-state index in [4.69, 9.17) is 25.8 Å². The quantitative estimate of drug-likeness (QED) is 0.578. The monoisotopic (exact) mass is 425 g/mol. The maximum Gasteiger partial charge on any atom is 0.411 e. The molecule has 8 nitrogen and oxygen atoms in total. The number of urea groups is 1. The Balaban J connectivity index is 2.10. The number of hydrogen-bond acceptors (Lipinski definition) is 6. The molecule has 28 heavy (non-hydrogen) atoms. The van der Waals surface area contributed by atoms with Crippen molar-refractivity contribution in [1.29, 1.82) is 0 Å². The van der Waals surface area contributed by atoms with E-state index in [9.17, 15) is 9.59 Å². The van der Waals surface area contributed by atoms with Gasteiger partial charge < -0.3 is 19.5 Å². The molecule has 0 aliphatic carbocycles. The van der Waals surface area contributed by atoms with Crippen LogP contribution in [0.2, 0.25) is 5.02 Å². The van der Waals surface area contributed by atoms with Gasteiger partial charge >= 0.3 is 12.1 Å². The van der Waals surface area contributed by atoms with Gasteiger partial charge in [-0.05, 0) is 37.3 Å². The molecular formula is C18H20ClN3O5S. The van der Waals surface area contributed by atoms with Crippen LogP contribution in [0.25, 0.3) is 0 Å². The summed E-state index contributed by atoms with van der Waals surface area (Å²) in [7, 11) is 2.95. The van der Waals surface area contributed by atoms with Crippen molar-refractivity contribution in [3.63, 3.8) is 0 Å². The van der Waals surface area contributed by atoms with E-state index in [1.807, 2.05) is 0 Å². The van der Waals surface area contributed by atoms with E-state index in [2.05, 4.69) is 23.4 Å². The number of nitrogens with one attached hydrogen (secondary N) is 2. The van der Waals surface area contributed by atoms with Crippen LogP contribution in [0.3, 0.4) is 0 Å². The number of anilines is 3. The lowest BCUT2D eigenvalue weighted by Crippen LogP contribution is -2.27. The van der Waals surface area contributed by atoms with Crippen molar-refractivity contribution in [3.05, 3.63) is 41.4 Å². The molecule has 0 saturated heterocycles. The molecule has 2 aromatic carbocycles. The zero-order valence-electron chi connectivity index (χ0n) is 15.5. The van der Waals surface area contributed by atoms with Gasteiger partial charge in [0.25, 0.3) is 0 Å². The molecule has 0 fully saturated rings. The van der Waals surface area contributed by atoms with E-state index in [1.54, 1.807) is 37.3 Å². The molecule has 0 saturated carbocycles. The summed E-state index contributed by atoms with van der Waals surface area (Å²) in [4.78, 5) is 23.9. The fourth-order valence-corrected chi connectivity index (χ4v) is 2.64. The number of thiol groups is 1. The van der Waals surface area contributed by atoms with Gasteiger partial charge in [-0.2, -0.15) is 0 Å². The number of carbonyl (C=O) groups excluding carboxylic acids is 2. The second kappa shape index (κ2) is 9.95. The highest BCUT2D eigenvalue weighted by molar-refractivity contribution is 7.82. The highest BCUT2D eigenvalue weighted by atomic mass is 35.5. The highest BCUT2D eigenvalue weighted by Gasteiger charge is 2.17. The Bertz CT molecular complexity index is 848. The van der Waals surface area contributed by atoms with Gasteiger partial charge in [0.1, 0.15) is 11.5 Å². The summed E-state index contributed by atoms with van der Waals surface area (Å²) in [5.74, 6) is 0.800. The van der Waals surface area contributed by atoms with Gasteiger partial charge in [-0.15, -0.1) is 0 Å². The Hall–Kier alpha value is -2.78. The zero-order chi connectivity index (χ0) is 20.7. The van der Waals surface area contributed by atoms with Crippen LogP contribution < -0.4 is 24.4 Å². The van der Waals surface area contributed by atoms with Crippen LogP contribution in [-0.2, 0) is 4.74 Å². The zero-order valence-corrected chi connectivity index (χ0v) is 17.1. The molecule has 0 atom stereocenters. The van der Waals surface area contributed by atoms with Gasteiger partial charge in [0.15, 0.2) is 0 Å². The first-order valence-electron chi connectivity index (χ1n) is 8.15. The maximum atomic E-state index is 12.5. The van der Waals surface area contributed by atoms with Gasteiger partial charge in [0, 0.05) is 11.8 Å². The van der Waals surface area contributed by atoms with E-state index in [0.717, 1.165) is 4.31 Å². The van der Waals surface area contributed by atoms with Gasteiger partial charge in [0.05, 0.1) is 37.2 Å². The second-order valence-electron chi connectivity index (χ2n) is 5.32. The molecule has 0 bridgehead atoms. The molecule has 150 valence electrons. The van der Waals surface area contributed by atoms with Crippen molar-refractivity contribution in [2.45, 2.75) is 6.92 Å². The van der Waals surface area contributed by atoms with E-state index in [1.165, 1.54) is 20.3 Å². The van der Waals surface area contributed by atoms with E-state index in [-0.39, 0.29) is 6.61 Å². The van der Waals surface area contributed by atoms with Crippen molar-refractivity contribution < 1.29 is 23.8 Å². The van der Waals surface area contributed by atoms with E-state index in [0.29, 0.717) is 33.6 Å². The molecule has 0 spiro atoms. The summed E-state index contributed by atoms with van der Waals surface area (Å²) in [5, 5.41) is 5.55. The molecule has 2 rings (SSSR count). The number of halogens is 1. The topological polar surface area (TPSA) is 89.1 Å². The molecule has 0 radical (unpaired) electrons. The summed E-state index contributed by atoms with van der Waals surface area (Å²) < 4.78 is 16.3. The Morgan fingerprint density at radius 1 is 1.07 bits per heavy atom. The number of carbonyl (C=O) groups is 2. The number of hydrogen-bond donors (Lipinski definition) is 3. The third-order valence-corrected chi connectivity index (χ3v) is 4.25. The van der Waals surface area contributed by atoms with Gasteiger partial charge in [0.2, 0.25) is 0 Å².